The lowest BCUT2D eigenvalue weighted by Gasteiger charge is -2.33. The second kappa shape index (κ2) is 8.35. The molecule has 1 amide bonds. The third-order valence-electron chi connectivity index (χ3n) is 6.25. The number of hydrogen-bond acceptors (Lipinski definition) is 3. The fraction of sp³-hybridized carbons (Fsp3) is 0.800. The van der Waals surface area contributed by atoms with Crippen molar-refractivity contribution in [2.75, 3.05) is 20.1 Å². The van der Waals surface area contributed by atoms with E-state index in [1.54, 1.807) is 7.05 Å². The fourth-order valence-electron chi connectivity index (χ4n) is 4.79. The van der Waals surface area contributed by atoms with Gasteiger partial charge in [0.1, 0.15) is 0 Å². The lowest BCUT2D eigenvalue weighted by Crippen LogP contribution is -2.39. The number of nitrogens with one attached hydrogen (secondary N) is 1. The predicted molar refractivity (Wildman–Crippen MR) is 101 cm³/mol. The standard InChI is InChI=1S/C20H34N4O/c1-4-23(5-2)16-11-12-18-17(13-16)19(20(25)21-3)22-24(18)14-15-9-7-6-8-10-15/h15-16H,4-14H2,1-3H3,(H,21,25). The number of hydrogen-bond donors (Lipinski definition) is 1. The summed E-state index contributed by atoms with van der Waals surface area (Å²) >= 11 is 0. The van der Waals surface area contributed by atoms with Crippen LogP contribution in [0.2, 0.25) is 0 Å². The van der Waals surface area contributed by atoms with Gasteiger partial charge >= 0.3 is 0 Å². The van der Waals surface area contributed by atoms with Crippen LogP contribution in [0.1, 0.15) is 74.1 Å². The van der Waals surface area contributed by atoms with E-state index >= 15 is 0 Å². The van der Waals surface area contributed by atoms with Gasteiger partial charge in [-0.1, -0.05) is 33.1 Å². The van der Waals surface area contributed by atoms with Crippen LogP contribution >= 0.6 is 0 Å². The van der Waals surface area contributed by atoms with Gasteiger partial charge in [0, 0.05) is 30.9 Å². The van der Waals surface area contributed by atoms with Crippen LogP contribution in [-0.4, -0.2) is 46.8 Å². The molecule has 2 aliphatic carbocycles. The highest BCUT2D eigenvalue weighted by Gasteiger charge is 2.31. The largest absolute Gasteiger partial charge is 0.354 e. The number of carbonyl (C=O) groups is 1. The van der Waals surface area contributed by atoms with Gasteiger partial charge in [0.05, 0.1) is 0 Å². The normalized spacial score (nSPS) is 21.4. The number of rotatable bonds is 6. The van der Waals surface area contributed by atoms with E-state index in [4.69, 9.17) is 5.10 Å². The van der Waals surface area contributed by atoms with Gasteiger partial charge in [0.25, 0.3) is 5.91 Å². The molecule has 1 fully saturated rings. The summed E-state index contributed by atoms with van der Waals surface area (Å²) in [6, 6.07) is 0.540. The molecule has 1 saturated carbocycles. The number of aromatic nitrogens is 2. The SMILES string of the molecule is CCN(CC)C1CCc2c(c(C(=O)NC)nn2CC2CCCCC2)C1. The molecule has 0 bridgehead atoms. The summed E-state index contributed by atoms with van der Waals surface area (Å²) < 4.78 is 2.19. The van der Waals surface area contributed by atoms with E-state index in [1.165, 1.54) is 49.8 Å². The van der Waals surface area contributed by atoms with Crippen LogP contribution in [0.15, 0.2) is 0 Å². The highest BCUT2D eigenvalue weighted by atomic mass is 16.1. The summed E-state index contributed by atoms with van der Waals surface area (Å²) in [4.78, 5) is 14.9. The van der Waals surface area contributed by atoms with E-state index in [9.17, 15) is 4.79 Å². The molecule has 0 saturated heterocycles. The first-order valence-corrected chi connectivity index (χ1v) is 10.2. The molecule has 1 aromatic rings. The van der Waals surface area contributed by atoms with E-state index in [-0.39, 0.29) is 5.91 Å². The second-order valence-corrected chi connectivity index (χ2v) is 7.66. The van der Waals surface area contributed by atoms with Crippen LogP contribution in [0, 0.1) is 5.92 Å². The zero-order valence-corrected chi connectivity index (χ0v) is 16.2. The van der Waals surface area contributed by atoms with E-state index in [1.807, 2.05) is 0 Å². The van der Waals surface area contributed by atoms with Crippen molar-refractivity contribution >= 4 is 5.91 Å². The van der Waals surface area contributed by atoms with E-state index < -0.39 is 0 Å². The Bertz CT molecular complexity index is 585. The van der Waals surface area contributed by atoms with Crippen molar-refractivity contribution in [1.29, 1.82) is 0 Å². The van der Waals surface area contributed by atoms with Crippen molar-refractivity contribution in [2.45, 2.75) is 77.8 Å². The van der Waals surface area contributed by atoms with Crippen LogP contribution in [0.5, 0.6) is 0 Å². The van der Waals surface area contributed by atoms with Crippen molar-refractivity contribution in [3.8, 4) is 0 Å². The Balaban J connectivity index is 1.85. The molecule has 0 spiro atoms. The van der Waals surface area contributed by atoms with Crippen molar-refractivity contribution < 1.29 is 4.79 Å². The first-order chi connectivity index (χ1) is 12.2. The Morgan fingerprint density at radius 2 is 1.92 bits per heavy atom. The van der Waals surface area contributed by atoms with Gasteiger partial charge < -0.3 is 10.2 Å². The molecule has 140 valence electrons. The van der Waals surface area contributed by atoms with Crippen molar-refractivity contribution in [2.24, 2.45) is 5.92 Å². The number of likely N-dealkylation sites (N-methyl/N-ethyl adjacent to an activating group) is 1. The smallest absolute Gasteiger partial charge is 0.271 e. The zero-order valence-electron chi connectivity index (χ0n) is 16.2. The van der Waals surface area contributed by atoms with Gasteiger partial charge in [0.15, 0.2) is 5.69 Å². The topological polar surface area (TPSA) is 50.2 Å². The number of amides is 1. The lowest BCUT2D eigenvalue weighted by atomic mass is 9.88. The molecular formula is C20H34N4O. The zero-order chi connectivity index (χ0) is 17.8. The Kier molecular flexibility index (Phi) is 6.15. The van der Waals surface area contributed by atoms with Crippen LogP contribution in [0.3, 0.4) is 0 Å². The van der Waals surface area contributed by atoms with E-state index in [0.717, 1.165) is 38.4 Å². The van der Waals surface area contributed by atoms with Gasteiger partial charge in [0.2, 0.25) is 0 Å². The first kappa shape index (κ1) is 18.4. The number of carbonyl (C=O) groups excluding carboxylic acids is 1. The second-order valence-electron chi connectivity index (χ2n) is 7.66. The first-order valence-electron chi connectivity index (χ1n) is 10.2. The summed E-state index contributed by atoms with van der Waals surface area (Å²) in [5.74, 6) is 0.703. The summed E-state index contributed by atoms with van der Waals surface area (Å²) in [5, 5.41) is 7.58. The van der Waals surface area contributed by atoms with Gasteiger partial charge in [-0.2, -0.15) is 5.10 Å². The Morgan fingerprint density at radius 1 is 1.20 bits per heavy atom. The molecule has 1 atom stereocenters. The van der Waals surface area contributed by atoms with Crippen LogP contribution in [0.25, 0.3) is 0 Å². The van der Waals surface area contributed by atoms with Gasteiger partial charge in [-0.15, -0.1) is 0 Å². The Hall–Kier alpha value is -1.36. The average Bonchev–Trinajstić information content (AvgIpc) is 3.01. The molecule has 0 radical (unpaired) electrons. The highest BCUT2D eigenvalue weighted by Crippen LogP contribution is 2.30. The van der Waals surface area contributed by atoms with E-state index in [2.05, 4.69) is 28.7 Å². The molecule has 2 aliphatic rings. The molecule has 1 N–H and O–H groups in total. The third-order valence-corrected chi connectivity index (χ3v) is 6.25. The van der Waals surface area contributed by atoms with Crippen LogP contribution in [0.4, 0.5) is 0 Å². The predicted octanol–water partition coefficient (Wildman–Crippen LogP) is 3.02. The number of fused-ring (bicyclic) bond motifs is 1. The quantitative estimate of drug-likeness (QED) is 0.861. The molecule has 25 heavy (non-hydrogen) atoms. The molecule has 0 aromatic carbocycles. The minimum atomic E-state index is -0.0289. The summed E-state index contributed by atoms with van der Waals surface area (Å²) in [5.41, 5.74) is 3.20. The summed E-state index contributed by atoms with van der Waals surface area (Å²) in [7, 11) is 1.71. The summed E-state index contributed by atoms with van der Waals surface area (Å²) in [6.45, 7) is 7.59. The minimum absolute atomic E-state index is 0.0289. The monoisotopic (exact) mass is 346 g/mol. The minimum Gasteiger partial charge on any atom is -0.354 e. The number of nitrogens with zero attached hydrogens (tertiary/aromatic N) is 3. The highest BCUT2D eigenvalue weighted by molar-refractivity contribution is 5.93. The maximum atomic E-state index is 12.4. The molecule has 5 heteroatoms. The van der Waals surface area contributed by atoms with E-state index in [0.29, 0.717) is 11.7 Å². The van der Waals surface area contributed by atoms with Crippen molar-refractivity contribution in [3.63, 3.8) is 0 Å². The van der Waals surface area contributed by atoms with Crippen LogP contribution in [-0.2, 0) is 19.4 Å². The molecule has 1 unspecified atom stereocenters. The van der Waals surface area contributed by atoms with Gasteiger partial charge in [-0.05, 0) is 51.1 Å². The molecule has 1 heterocycles. The molecule has 5 nitrogen and oxygen atoms in total. The van der Waals surface area contributed by atoms with Crippen molar-refractivity contribution in [3.05, 3.63) is 17.0 Å². The molecule has 0 aliphatic heterocycles. The molecular weight excluding hydrogens is 312 g/mol. The third kappa shape index (κ3) is 3.91. The maximum absolute atomic E-state index is 12.4. The lowest BCUT2D eigenvalue weighted by molar-refractivity contribution is 0.0955. The Labute approximate surface area is 152 Å². The van der Waals surface area contributed by atoms with Gasteiger partial charge in [-0.25, -0.2) is 0 Å². The van der Waals surface area contributed by atoms with Crippen LogP contribution < -0.4 is 5.32 Å². The average molecular weight is 347 g/mol. The van der Waals surface area contributed by atoms with Gasteiger partial charge in [-0.3, -0.25) is 9.48 Å². The molecule has 1 aromatic heterocycles. The Morgan fingerprint density at radius 3 is 2.56 bits per heavy atom. The fourth-order valence-corrected chi connectivity index (χ4v) is 4.79. The molecule has 3 rings (SSSR count). The van der Waals surface area contributed by atoms with Crippen molar-refractivity contribution in [1.82, 2.24) is 20.0 Å². The summed E-state index contributed by atoms with van der Waals surface area (Å²) in [6.07, 6.45) is 9.89. The maximum Gasteiger partial charge on any atom is 0.271 e.